The SMILES string of the molecule is O=C1CCC(NCCN2CCNC2=O)CN1. The second-order valence-corrected chi connectivity index (χ2v) is 4.21. The average molecular weight is 226 g/mol. The maximum absolute atomic E-state index is 11.2. The second-order valence-electron chi connectivity index (χ2n) is 4.21. The Morgan fingerprint density at radius 1 is 1.38 bits per heavy atom. The third kappa shape index (κ3) is 2.85. The number of urea groups is 1. The van der Waals surface area contributed by atoms with Crippen LogP contribution >= 0.6 is 0 Å². The number of carbonyl (C=O) groups excluding carboxylic acids is 2. The number of amides is 3. The van der Waals surface area contributed by atoms with E-state index in [1.807, 2.05) is 0 Å². The van der Waals surface area contributed by atoms with E-state index in [-0.39, 0.29) is 11.9 Å². The van der Waals surface area contributed by atoms with Crippen LogP contribution in [0.4, 0.5) is 4.79 Å². The van der Waals surface area contributed by atoms with Crippen molar-refractivity contribution >= 4 is 11.9 Å². The fourth-order valence-corrected chi connectivity index (χ4v) is 2.04. The fraction of sp³-hybridized carbons (Fsp3) is 0.800. The van der Waals surface area contributed by atoms with Gasteiger partial charge in [0.1, 0.15) is 0 Å². The molecule has 2 aliphatic rings. The van der Waals surface area contributed by atoms with Gasteiger partial charge in [0.15, 0.2) is 0 Å². The first-order valence-electron chi connectivity index (χ1n) is 5.78. The molecule has 0 radical (unpaired) electrons. The lowest BCUT2D eigenvalue weighted by molar-refractivity contribution is -0.122. The normalized spacial score (nSPS) is 25.5. The average Bonchev–Trinajstić information content (AvgIpc) is 2.68. The molecule has 0 saturated carbocycles. The van der Waals surface area contributed by atoms with Crippen molar-refractivity contribution in [3.05, 3.63) is 0 Å². The predicted molar refractivity (Wildman–Crippen MR) is 59.0 cm³/mol. The van der Waals surface area contributed by atoms with Crippen molar-refractivity contribution in [2.24, 2.45) is 0 Å². The molecule has 2 aliphatic heterocycles. The molecule has 2 heterocycles. The van der Waals surface area contributed by atoms with Crippen molar-refractivity contribution in [1.29, 1.82) is 0 Å². The molecule has 0 aromatic heterocycles. The van der Waals surface area contributed by atoms with Crippen molar-refractivity contribution < 1.29 is 9.59 Å². The summed E-state index contributed by atoms with van der Waals surface area (Å²) in [6.45, 7) is 3.76. The highest BCUT2D eigenvalue weighted by Gasteiger charge is 2.20. The van der Waals surface area contributed by atoms with Crippen molar-refractivity contribution in [1.82, 2.24) is 20.9 Å². The summed E-state index contributed by atoms with van der Waals surface area (Å²) >= 11 is 0. The van der Waals surface area contributed by atoms with Crippen LogP contribution < -0.4 is 16.0 Å². The molecule has 6 heteroatoms. The van der Waals surface area contributed by atoms with E-state index in [9.17, 15) is 9.59 Å². The molecule has 3 amide bonds. The summed E-state index contributed by atoms with van der Waals surface area (Å²) in [5, 5.41) is 8.94. The molecule has 0 aliphatic carbocycles. The molecule has 2 saturated heterocycles. The van der Waals surface area contributed by atoms with Crippen LogP contribution in [0.2, 0.25) is 0 Å². The minimum absolute atomic E-state index is 0.0266. The van der Waals surface area contributed by atoms with Crippen LogP contribution in [-0.2, 0) is 4.79 Å². The molecule has 0 aromatic rings. The number of hydrogen-bond donors (Lipinski definition) is 3. The second kappa shape index (κ2) is 5.16. The van der Waals surface area contributed by atoms with Gasteiger partial charge in [0.25, 0.3) is 0 Å². The fourth-order valence-electron chi connectivity index (χ4n) is 2.04. The zero-order valence-corrected chi connectivity index (χ0v) is 9.29. The highest BCUT2D eigenvalue weighted by molar-refractivity contribution is 5.77. The van der Waals surface area contributed by atoms with Gasteiger partial charge in [-0.15, -0.1) is 0 Å². The van der Waals surface area contributed by atoms with Gasteiger partial charge in [0.2, 0.25) is 5.91 Å². The Morgan fingerprint density at radius 2 is 2.25 bits per heavy atom. The van der Waals surface area contributed by atoms with Gasteiger partial charge in [-0.3, -0.25) is 4.79 Å². The smallest absolute Gasteiger partial charge is 0.317 e. The first-order chi connectivity index (χ1) is 7.75. The first-order valence-corrected chi connectivity index (χ1v) is 5.78. The number of nitrogens with one attached hydrogen (secondary N) is 3. The Balaban J connectivity index is 1.61. The monoisotopic (exact) mass is 226 g/mol. The molecule has 2 fully saturated rings. The van der Waals surface area contributed by atoms with Crippen molar-refractivity contribution in [2.45, 2.75) is 18.9 Å². The highest BCUT2D eigenvalue weighted by Crippen LogP contribution is 2.02. The van der Waals surface area contributed by atoms with Crippen LogP contribution in [0.5, 0.6) is 0 Å². The summed E-state index contributed by atoms with van der Waals surface area (Å²) in [5.74, 6) is 0.136. The summed E-state index contributed by atoms with van der Waals surface area (Å²) in [6.07, 6.45) is 1.49. The van der Waals surface area contributed by atoms with Gasteiger partial charge < -0.3 is 20.9 Å². The Hall–Kier alpha value is -1.30. The Bertz CT molecular complexity index is 272. The minimum Gasteiger partial charge on any atom is -0.355 e. The van der Waals surface area contributed by atoms with Crippen LogP contribution in [0.25, 0.3) is 0 Å². The van der Waals surface area contributed by atoms with E-state index in [4.69, 9.17) is 0 Å². The molecule has 0 spiro atoms. The van der Waals surface area contributed by atoms with Gasteiger partial charge >= 0.3 is 6.03 Å². The minimum atomic E-state index is 0.0266. The molecule has 0 aromatic carbocycles. The maximum atomic E-state index is 11.2. The Labute approximate surface area is 94.7 Å². The van der Waals surface area contributed by atoms with Crippen LogP contribution in [-0.4, -0.2) is 55.6 Å². The third-order valence-electron chi connectivity index (χ3n) is 3.03. The lowest BCUT2D eigenvalue weighted by Crippen LogP contribution is -2.47. The summed E-state index contributed by atoms with van der Waals surface area (Å²) in [4.78, 5) is 24.0. The molecule has 0 bridgehead atoms. The van der Waals surface area contributed by atoms with Crippen LogP contribution in [0.1, 0.15) is 12.8 Å². The van der Waals surface area contributed by atoms with E-state index in [1.165, 1.54) is 0 Å². The largest absolute Gasteiger partial charge is 0.355 e. The van der Waals surface area contributed by atoms with E-state index >= 15 is 0 Å². The summed E-state index contributed by atoms with van der Waals surface area (Å²) in [6, 6.07) is 0.377. The lowest BCUT2D eigenvalue weighted by atomic mass is 10.1. The summed E-state index contributed by atoms with van der Waals surface area (Å²) < 4.78 is 0. The van der Waals surface area contributed by atoms with Crippen LogP contribution in [0, 0.1) is 0 Å². The molecule has 90 valence electrons. The van der Waals surface area contributed by atoms with E-state index in [2.05, 4.69) is 16.0 Å². The predicted octanol–water partition coefficient (Wildman–Crippen LogP) is -1.12. The number of nitrogens with zero attached hydrogens (tertiary/aromatic N) is 1. The zero-order valence-electron chi connectivity index (χ0n) is 9.29. The number of carbonyl (C=O) groups is 2. The van der Waals surface area contributed by atoms with Gasteiger partial charge in [0, 0.05) is 45.2 Å². The molecule has 1 atom stereocenters. The van der Waals surface area contributed by atoms with Crippen LogP contribution in [0.15, 0.2) is 0 Å². The third-order valence-corrected chi connectivity index (χ3v) is 3.03. The first kappa shape index (κ1) is 11.2. The van der Waals surface area contributed by atoms with Gasteiger partial charge in [-0.2, -0.15) is 0 Å². The lowest BCUT2D eigenvalue weighted by Gasteiger charge is -2.24. The molecule has 1 unspecified atom stereocenters. The number of rotatable bonds is 4. The topological polar surface area (TPSA) is 73.5 Å². The molecular formula is C10H18N4O2. The zero-order chi connectivity index (χ0) is 11.4. The van der Waals surface area contributed by atoms with E-state index < -0.39 is 0 Å². The molecule has 6 nitrogen and oxygen atoms in total. The van der Waals surface area contributed by atoms with Crippen molar-refractivity contribution in [3.63, 3.8) is 0 Å². The van der Waals surface area contributed by atoms with Gasteiger partial charge in [-0.05, 0) is 6.42 Å². The Kier molecular flexibility index (Phi) is 3.61. The summed E-state index contributed by atoms with van der Waals surface area (Å²) in [7, 11) is 0. The standard InChI is InChI=1S/C10H18N4O2/c15-9-2-1-8(7-13-9)11-3-5-14-6-4-12-10(14)16/h8,11H,1-7H2,(H,12,16)(H,13,15). The van der Waals surface area contributed by atoms with Gasteiger partial charge in [0.05, 0.1) is 0 Å². The molecule has 2 rings (SSSR count). The van der Waals surface area contributed by atoms with Gasteiger partial charge in [-0.1, -0.05) is 0 Å². The Morgan fingerprint density at radius 3 is 2.88 bits per heavy atom. The van der Waals surface area contributed by atoms with E-state index in [1.54, 1.807) is 4.90 Å². The maximum Gasteiger partial charge on any atom is 0.317 e. The number of hydrogen-bond acceptors (Lipinski definition) is 3. The van der Waals surface area contributed by atoms with Gasteiger partial charge in [-0.25, -0.2) is 4.79 Å². The number of piperidine rings is 1. The van der Waals surface area contributed by atoms with E-state index in [0.717, 1.165) is 32.6 Å². The quantitative estimate of drug-likeness (QED) is 0.568. The molecular weight excluding hydrogens is 208 g/mol. The molecule has 16 heavy (non-hydrogen) atoms. The van der Waals surface area contributed by atoms with Crippen molar-refractivity contribution in [3.8, 4) is 0 Å². The highest BCUT2D eigenvalue weighted by atomic mass is 16.2. The molecule has 3 N–H and O–H groups in total. The summed E-state index contributed by atoms with van der Waals surface area (Å²) in [5.41, 5.74) is 0. The van der Waals surface area contributed by atoms with Crippen LogP contribution in [0.3, 0.4) is 0 Å². The van der Waals surface area contributed by atoms with E-state index in [0.29, 0.717) is 19.0 Å². The van der Waals surface area contributed by atoms with Crippen molar-refractivity contribution in [2.75, 3.05) is 32.7 Å².